The molecule has 0 saturated heterocycles. The van der Waals surface area contributed by atoms with Gasteiger partial charge in [0.15, 0.2) is 0 Å². The van der Waals surface area contributed by atoms with Crippen LogP contribution >= 0.6 is 11.8 Å². The summed E-state index contributed by atoms with van der Waals surface area (Å²) in [6.07, 6.45) is 2.57. The Morgan fingerprint density at radius 1 is 1.11 bits per heavy atom. The van der Waals surface area contributed by atoms with Crippen molar-refractivity contribution in [3.8, 4) is 0 Å². The molecule has 0 spiro atoms. The van der Waals surface area contributed by atoms with Gasteiger partial charge in [-0.25, -0.2) is 4.98 Å². The molecule has 1 N–H and O–H groups in total. The molecule has 98 valence electrons. The van der Waals surface area contributed by atoms with Crippen LogP contribution < -0.4 is 5.32 Å². The van der Waals surface area contributed by atoms with E-state index in [1.165, 1.54) is 17.7 Å². The van der Waals surface area contributed by atoms with Gasteiger partial charge < -0.3 is 5.32 Å². The third-order valence-electron chi connectivity index (χ3n) is 3.37. The molecule has 2 aromatic rings. The van der Waals surface area contributed by atoms with Crippen LogP contribution in [0.15, 0.2) is 53.4 Å². The molecular formula is C16H18N2S. The second kappa shape index (κ2) is 5.25. The molecule has 2 nitrogen and oxygen atoms in total. The van der Waals surface area contributed by atoms with Crippen LogP contribution in [0.3, 0.4) is 0 Å². The predicted molar refractivity (Wildman–Crippen MR) is 81.7 cm³/mol. The summed E-state index contributed by atoms with van der Waals surface area (Å²) < 4.78 is 0.368. The lowest BCUT2D eigenvalue weighted by atomic mass is 10.3. The lowest BCUT2D eigenvalue weighted by Crippen LogP contribution is -2.18. The zero-order valence-electron chi connectivity index (χ0n) is 11.1. The van der Waals surface area contributed by atoms with Crippen molar-refractivity contribution < 1.29 is 0 Å². The third-order valence-corrected chi connectivity index (χ3v) is 4.86. The van der Waals surface area contributed by atoms with Crippen LogP contribution in [0, 0.1) is 6.92 Å². The smallest absolute Gasteiger partial charge is 0.126 e. The molecule has 0 aliphatic heterocycles. The van der Waals surface area contributed by atoms with Crippen LogP contribution in [-0.4, -0.2) is 16.3 Å². The summed E-state index contributed by atoms with van der Waals surface area (Å²) in [4.78, 5) is 5.85. The van der Waals surface area contributed by atoms with E-state index in [2.05, 4.69) is 46.7 Å². The van der Waals surface area contributed by atoms with Crippen LogP contribution in [-0.2, 0) is 0 Å². The molecule has 1 aliphatic rings. The molecular weight excluding hydrogens is 252 g/mol. The van der Waals surface area contributed by atoms with Crippen LogP contribution in [0.4, 0.5) is 5.82 Å². The van der Waals surface area contributed by atoms with Crippen molar-refractivity contribution in [1.82, 2.24) is 4.98 Å². The second-order valence-electron chi connectivity index (χ2n) is 5.12. The monoisotopic (exact) mass is 270 g/mol. The minimum Gasteiger partial charge on any atom is -0.369 e. The van der Waals surface area contributed by atoms with Crippen LogP contribution in [0.5, 0.6) is 0 Å². The van der Waals surface area contributed by atoms with E-state index in [1.807, 2.05) is 30.8 Å². The fraction of sp³-hybridized carbons (Fsp3) is 0.312. The van der Waals surface area contributed by atoms with Gasteiger partial charge in [0.05, 0.1) is 0 Å². The molecule has 0 atom stereocenters. The number of benzene rings is 1. The molecule has 3 rings (SSSR count). The van der Waals surface area contributed by atoms with Crippen LogP contribution in [0.1, 0.15) is 18.5 Å². The van der Waals surface area contributed by atoms with E-state index in [0.717, 1.165) is 18.1 Å². The average Bonchev–Trinajstić information content (AvgIpc) is 3.18. The van der Waals surface area contributed by atoms with Gasteiger partial charge in [0.1, 0.15) is 5.82 Å². The first-order valence-electron chi connectivity index (χ1n) is 6.67. The Bertz CT molecular complexity index is 550. The Morgan fingerprint density at radius 2 is 1.89 bits per heavy atom. The minimum absolute atomic E-state index is 0.368. The van der Waals surface area contributed by atoms with E-state index in [4.69, 9.17) is 0 Å². The quantitative estimate of drug-likeness (QED) is 0.884. The normalized spacial score (nSPS) is 16.1. The van der Waals surface area contributed by atoms with Crippen molar-refractivity contribution in [2.24, 2.45) is 0 Å². The standard InChI is InChI=1S/C16H18N2S/c1-13-6-5-9-15(18-13)17-12-16(10-11-16)19-14-7-3-2-4-8-14/h2-9H,10-12H2,1H3,(H,17,18). The van der Waals surface area contributed by atoms with Gasteiger partial charge in [-0.15, -0.1) is 11.8 Å². The zero-order valence-corrected chi connectivity index (χ0v) is 11.9. The van der Waals surface area contributed by atoms with Gasteiger partial charge in [0, 0.05) is 21.9 Å². The third kappa shape index (κ3) is 3.29. The lowest BCUT2D eigenvalue weighted by Gasteiger charge is -2.16. The predicted octanol–water partition coefficient (Wildman–Crippen LogP) is 4.13. The fourth-order valence-corrected chi connectivity index (χ4v) is 3.33. The second-order valence-corrected chi connectivity index (χ2v) is 6.66. The Labute approximate surface area is 118 Å². The highest BCUT2D eigenvalue weighted by Crippen LogP contribution is 2.51. The number of hydrogen-bond donors (Lipinski definition) is 1. The topological polar surface area (TPSA) is 24.9 Å². The Balaban J connectivity index is 1.60. The van der Waals surface area contributed by atoms with Gasteiger partial charge in [-0.05, 0) is 44.0 Å². The minimum atomic E-state index is 0.368. The van der Waals surface area contributed by atoms with E-state index in [1.54, 1.807) is 0 Å². The van der Waals surface area contributed by atoms with Gasteiger partial charge in [0.2, 0.25) is 0 Å². The lowest BCUT2D eigenvalue weighted by molar-refractivity contribution is 0.934. The molecule has 1 aromatic carbocycles. The average molecular weight is 270 g/mol. The van der Waals surface area contributed by atoms with E-state index in [-0.39, 0.29) is 0 Å². The Kier molecular flexibility index (Phi) is 3.47. The Hall–Kier alpha value is -1.48. The summed E-state index contributed by atoms with van der Waals surface area (Å²) >= 11 is 1.99. The van der Waals surface area contributed by atoms with Gasteiger partial charge in [-0.1, -0.05) is 24.3 Å². The Morgan fingerprint density at radius 3 is 2.58 bits per heavy atom. The van der Waals surface area contributed by atoms with E-state index in [9.17, 15) is 0 Å². The highest BCUT2D eigenvalue weighted by molar-refractivity contribution is 8.01. The fourth-order valence-electron chi connectivity index (χ4n) is 2.09. The molecule has 0 bridgehead atoms. The highest BCUT2D eigenvalue weighted by Gasteiger charge is 2.43. The van der Waals surface area contributed by atoms with Crippen molar-refractivity contribution in [2.75, 3.05) is 11.9 Å². The van der Waals surface area contributed by atoms with E-state index in [0.29, 0.717) is 4.75 Å². The number of hydrogen-bond acceptors (Lipinski definition) is 3. The molecule has 1 saturated carbocycles. The largest absolute Gasteiger partial charge is 0.369 e. The zero-order chi connectivity index (χ0) is 13.1. The van der Waals surface area contributed by atoms with Gasteiger partial charge in [-0.2, -0.15) is 0 Å². The molecule has 1 fully saturated rings. The van der Waals surface area contributed by atoms with Gasteiger partial charge in [-0.3, -0.25) is 0 Å². The number of pyridine rings is 1. The number of nitrogens with zero attached hydrogens (tertiary/aromatic N) is 1. The number of aromatic nitrogens is 1. The van der Waals surface area contributed by atoms with Crippen LogP contribution in [0.25, 0.3) is 0 Å². The van der Waals surface area contributed by atoms with Gasteiger partial charge >= 0.3 is 0 Å². The van der Waals surface area contributed by atoms with Crippen LogP contribution in [0.2, 0.25) is 0 Å². The maximum absolute atomic E-state index is 4.49. The van der Waals surface area contributed by atoms with Crippen molar-refractivity contribution in [2.45, 2.75) is 29.4 Å². The van der Waals surface area contributed by atoms with E-state index < -0.39 is 0 Å². The number of rotatable bonds is 5. The highest BCUT2D eigenvalue weighted by atomic mass is 32.2. The summed E-state index contributed by atoms with van der Waals surface area (Å²) in [5.41, 5.74) is 1.06. The molecule has 0 radical (unpaired) electrons. The maximum atomic E-state index is 4.49. The SMILES string of the molecule is Cc1cccc(NCC2(Sc3ccccc3)CC2)n1. The van der Waals surface area contributed by atoms with Gasteiger partial charge in [0.25, 0.3) is 0 Å². The summed E-state index contributed by atoms with van der Waals surface area (Å²) in [5.74, 6) is 0.986. The first-order valence-corrected chi connectivity index (χ1v) is 7.49. The van der Waals surface area contributed by atoms with Crippen molar-refractivity contribution in [3.63, 3.8) is 0 Å². The molecule has 3 heteroatoms. The molecule has 19 heavy (non-hydrogen) atoms. The van der Waals surface area contributed by atoms with Crippen molar-refractivity contribution in [3.05, 3.63) is 54.2 Å². The van der Waals surface area contributed by atoms with E-state index >= 15 is 0 Å². The summed E-state index contributed by atoms with van der Waals surface area (Å²) in [6.45, 7) is 3.01. The maximum Gasteiger partial charge on any atom is 0.126 e. The molecule has 0 amide bonds. The first kappa shape index (κ1) is 12.5. The molecule has 1 aromatic heterocycles. The van der Waals surface area contributed by atoms with Crippen molar-refractivity contribution in [1.29, 1.82) is 0 Å². The number of aryl methyl sites for hydroxylation is 1. The van der Waals surface area contributed by atoms with Crippen molar-refractivity contribution >= 4 is 17.6 Å². The molecule has 1 aliphatic carbocycles. The number of nitrogens with one attached hydrogen (secondary N) is 1. The molecule has 0 unspecified atom stereocenters. The summed E-state index contributed by atoms with van der Waals surface area (Å²) in [7, 11) is 0. The summed E-state index contributed by atoms with van der Waals surface area (Å²) in [5, 5.41) is 3.48. The summed E-state index contributed by atoms with van der Waals surface area (Å²) in [6, 6.07) is 16.8. The number of thioether (sulfide) groups is 1. The molecule has 1 heterocycles. The first-order chi connectivity index (χ1) is 9.26. The number of anilines is 1.